The zero-order valence-electron chi connectivity index (χ0n) is 15.6. The number of aromatic nitrogens is 1. The summed E-state index contributed by atoms with van der Waals surface area (Å²) in [6, 6.07) is 1.42. The highest BCUT2D eigenvalue weighted by Crippen LogP contribution is 2.11. The fourth-order valence-electron chi connectivity index (χ4n) is 2.17. The van der Waals surface area contributed by atoms with Crippen molar-refractivity contribution in [2.24, 2.45) is 5.92 Å². The van der Waals surface area contributed by atoms with Crippen LogP contribution in [0.1, 0.15) is 20.3 Å². The molecule has 0 fully saturated rings. The first kappa shape index (κ1) is 21.8. The van der Waals surface area contributed by atoms with Crippen LogP contribution in [0.2, 0.25) is 0 Å². The summed E-state index contributed by atoms with van der Waals surface area (Å²) in [5.41, 5.74) is -0.531. The van der Waals surface area contributed by atoms with E-state index in [4.69, 9.17) is 4.74 Å². The van der Waals surface area contributed by atoms with Gasteiger partial charge in [-0.25, -0.2) is 17.5 Å². The fraction of sp³-hybridized carbons (Fsp3) is 0.562. The second-order valence-corrected chi connectivity index (χ2v) is 8.22. The summed E-state index contributed by atoms with van der Waals surface area (Å²) in [7, 11) is 0.215. The van der Waals surface area contributed by atoms with Crippen molar-refractivity contribution in [3.05, 3.63) is 28.7 Å². The smallest absolute Gasteiger partial charge is 0.328 e. The van der Waals surface area contributed by atoms with Gasteiger partial charge in [0.2, 0.25) is 15.9 Å². The van der Waals surface area contributed by atoms with Crippen LogP contribution < -0.4 is 10.9 Å². The predicted molar refractivity (Wildman–Crippen MR) is 95.0 cm³/mol. The summed E-state index contributed by atoms with van der Waals surface area (Å²) in [4.78, 5) is 36.0. The van der Waals surface area contributed by atoms with E-state index in [2.05, 4.69) is 5.32 Å². The van der Waals surface area contributed by atoms with Gasteiger partial charge in [0, 0.05) is 26.4 Å². The lowest BCUT2D eigenvalue weighted by Gasteiger charge is -2.22. The van der Waals surface area contributed by atoms with Gasteiger partial charge in [0.15, 0.2) is 0 Å². The molecule has 0 unspecified atom stereocenters. The second kappa shape index (κ2) is 8.95. The standard InChI is InChI=1S/C16H25N3O6S/c1-6-11(2)15(16(22)25-5)17-13(20)10-19-9-12(7-8-14(19)21)26(23,24)18(3)4/h7-9,11,15H,6,10H2,1-5H3,(H,17,20)/t11-,15+/m1/s1. The number of rotatable bonds is 8. The number of carbonyl (C=O) groups is 2. The maximum atomic E-state index is 12.3. The Morgan fingerprint density at radius 3 is 2.42 bits per heavy atom. The molecule has 0 radical (unpaired) electrons. The van der Waals surface area contributed by atoms with Gasteiger partial charge in [0.1, 0.15) is 12.6 Å². The van der Waals surface area contributed by atoms with Crippen LogP contribution in [0.5, 0.6) is 0 Å². The number of nitrogens with zero attached hydrogens (tertiary/aromatic N) is 2. The summed E-state index contributed by atoms with van der Waals surface area (Å²) in [6.07, 6.45) is 1.74. The molecular weight excluding hydrogens is 362 g/mol. The molecule has 1 N–H and O–H groups in total. The number of amides is 1. The van der Waals surface area contributed by atoms with Gasteiger partial charge in [-0.05, 0) is 12.0 Å². The second-order valence-electron chi connectivity index (χ2n) is 6.07. The van der Waals surface area contributed by atoms with Gasteiger partial charge in [-0.1, -0.05) is 20.3 Å². The Morgan fingerprint density at radius 1 is 1.31 bits per heavy atom. The lowest BCUT2D eigenvalue weighted by Crippen LogP contribution is -2.47. The molecule has 1 rings (SSSR count). The lowest BCUT2D eigenvalue weighted by atomic mass is 9.99. The first-order chi connectivity index (χ1) is 12.0. The van der Waals surface area contributed by atoms with Crippen molar-refractivity contribution in [3.63, 3.8) is 0 Å². The number of sulfonamides is 1. The number of methoxy groups -OCH3 is 1. The topological polar surface area (TPSA) is 115 Å². The summed E-state index contributed by atoms with van der Waals surface area (Å²) in [6.45, 7) is 3.24. The Balaban J connectivity index is 3.06. The minimum atomic E-state index is -3.74. The largest absolute Gasteiger partial charge is 0.467 e. The normalized spacial score (nSPS) is 13.9. The zero-order chi connectivity index (χ0) is 20.1. The van der Waals surface area contributed by atoms with Crippen molar-refractivity contribution < 1.29 is 22.7 Å². The van der Waals surface area contributed by atoms with E-state index >= 15 is 0 Å². The SMILES string of the molecule is CC[C@@H](C)[C@H](NC(=O)Cn1cc(S(=O)(=O)N(C)C)ccc1=O)C(=O)OC. The highest BCUT2D eigenvalue weighted by molar-refractivity contribution is 7.89. The van der Waals surface area contributed by atoms with Gasteiger partial charge in [0.25, 0.3) is 5.56 Å². The van der Waals surface area contributed by atoms with Crippen molar-refractivity contribution in [1.82, 2.24) is 14.2 Å². The Hall–Kier alpha value is -2.20. The van der Waals surface area contributed by atoms with Gasteiger partial charge in [0.05, 0.1) is 12.0 Å². The molecule has 10 heteroatoms. The van der Waals surface area contributed by atoms with Crippen LogP contribution in [0, 0.1) is 5.92 Å². The third-order valence-corrected chi connectivity index (χ3v) is 5.83. The van der Waals surface area contributed by atoms with Crippen LogP contribution in [0.3, 0.4) is 0 Å². The van der Waals surface area contributed by atoms with E-state index in [1.165, 1.54) is 27.3 Å². The number of hydrogen-bond donors (Lipinski definition) is 1. The van der Waals surface area contributed by atoms with Gasteiger partial charge >= 0.3 is 5.97 Å². The van der Waals surface area contributed by atoms with Crippen LogP contribution >= 0.6 is 0 Å². The monoisotopic (exact) mass is 387 g/mol. The Kier molecular flexibility index (Phi) is 7.52. The lowest BCUT2D eigenvalue weighted by molar-refractivity contribution is -0.146. The first-order valence-corrected chi connectivity index (χ1v) is 9.48. The van der Waals surface area contributed by atoms with Crippen LogP contribution in [-0.4, -0.2) is 56.4 Å². The molecule has 1 amide bonds. The number of pyridine rings is 1. The number of ether oxygens (including phenoxy) is 1. The van der Waals surface area contributed by atoms with Gasteiger partial charge in [-0.3, -0.25) is 9.59 Å². The Bertz CT molecular complexity index is 816. The summed E-state index contributed by atoms with van der Waals surface area (Å²) < 4.78 is 31.0. The average molecular weight is 387 g/mol. The Labute approximate surface area is 153 Å². The number of esters is 1. The molecule has 1 aromatic heterocycles. The van der Waals surface area contributed by atoms with Crippen LogP contribution in [-0.2, 0) is 30.9 Å². The van der Waals surface area contributed by atoms with Crippen LogP contribution in [0.15, 0.2) is 28.0 Å². The van der Waals surface area contributed by atoms with Gasteiger partial charge in [-0.2, -0.15) is 0 Å². The summed E-state index contributed by atoms with van der Waals surface area (Å²) in [5.74, 6) is -1.34. The molecule has 0 spiro atoms. The van der Waals surface area contributed by atoms with Crippen LogP contribution in [0.25, 0.3) is 0 Å². The van der Waals surface area contributed by atoms with Crippen molar-refractivity contribution in [2.75, 3.05) is 21.2 Å². The molecule has 1 aromatic rings. The number of carbonyl (C=O) groups excluding carboxylic acids is 2. The molecule has 0 bridgehead atoms. The van der Waals surface area contributed by atoms with Crippen molar-refractivity contribution in [2.45, 2.75) is 37.8 Å². The third-order valence-electron chi connectivity index (χ3n) is 4.03. The highest BCUT2D eigenvalue weighted by Gasteiger charge is 2.27. The molecule has 0 aliphatic rings. The molecule has 0 aliphatic heterocycles. The van der Waals surface area contributed by atoms with E-state index in [-0.39, 0.29) is 10.8 Å². The molecule has 1 heterocycles. The van der Waals surface area contributed by atoms with Crippen molar-refractivity contribution in [1.29, 1.82) is 0 Å². The van der Waals surface area contributed by atoms with Crippen LogP contribution in [0.4, 0.5) is 0 Å². The average Bonchev–Trinajstić information content (AvgIpc) is 2.59. The van der Waals surface area contributed by atoms with Crippen molar-refractivity contribution >= 4 is 21.9 Å². The first-order valence-electron chi connectivity index (χ1n) is 8.04. The third kappa shape index (κ3) is 5.15. The molecule has 0 saturated heterocycles. The highest BCUT2D eigenvalue weighted by atomic mass is 32.2. The quantitative estimate of drug-likeness (QED) is 0.618. The summed E-state index contributed by atoms with van der Waals surface area (Å²) in [5, 5.41) is 2.54. The molecule has 2 atom stereocenters. The maximum Gasteiger partial charge on any atom is 0.328 e. The molecule has 146 valence electrons. The van der Waals surface area contributed by atoms with E-state index in [1.807, 2.05) is 6.92 Å². The predicted octanol–water partition coefficient (Wildman–Crippen LogP) is -0.197. The number of hydrogen-bond acceptors (Lipinski definition) is 6. The van der Waals surface area contributed by atoms with E-state index < -0.39 is 40.0 Å². The minimum Gasteiger partial charge on any atom is -0.467 e. The van der Waals surface area contributed by atoms with E-state index in [1.54, 1.807) is 6.92 Å². The molecule has 0 aromatic carbocycles. The summed E-state index contributed by atoms with van der Waals surface area (Å²) >= 11 is 0. The molecule has 0 aliphatic carbocycles. The molecule has 26 heavy (non-hydrogen) atoms. The number of nitrogens with one attached hydrogen (secondary N) is 1. The maximum absolute atomic E-state index is 12.3. The van der Waals surface area contributed by atoms with Gasteiger partial charge < -0.3 is 14.6 Å². The molecular formula is C16H25N3O6S. The fourth-order valence-corrected chi connectivity index (χ4v) is 3.09. The van der Waals surface area contributed by atoms with Gasteiger partial charge in [-0.15, -0.1) is 0 Å². The molecule has 9 nitrogen and oxygen atoms in total. The van der Waals surface area contributed by atoms with E-state index in [0.29, 0.717) is 6.42 Å². The minimum absolute atomic E-state index is 0.110. The zero-order valence-corrected chi connectivity index (χ0v) is 16.4. The van der Waals surface area contributed by atoms with E-state index in [9.17, 15) is 22.8 Å². The van der Waals surface area contributed by atoms with E-state index in [0.717, 1.165) is 21.1 Å². The molecule has 0 saturated carbocycles. The Morgan fingerprint density at radius 2 is 1.92 bits per heavy atom. The van der Waals surface area contributed by atoms with Crippen molar-refractivity contribution in [3.8, 4) is 0 Å².